The molecule has 5 heteroatoms. The van der Waals surface area contributed by atoms with Crippen LogP contribution in [0.15, 0.2) is 12.1 Å². The van der Waals surface area contributed by atoms with E-state index in [0.29, 0.717) is 0 Å². The largest absolute Gasteiger partial charge is 0.355 e. The molecule has 1 aliphatic heterocycles. The smallest absolute Gasteiger partial charge is 0.176 e. The average molecular weight is 217 g/mol. The number of rotatable bonds is 1. The molecular formula is C11H15N5. The van der Waals surface area contributed by atoms with Crippen LogP contribution in [0.1, 0.15) is 25.1 Å². The molecule has 3 heterocycles. The van der Waals surface area contributed by atoms with Crippen LogP contribution in [0, 0.1) is 6.92 Å². The second-order valence-corrected chi connectivity index (χ2v) is 4.25. The minimum atomic E-state index is 0.767. The highest BCUT2D eigenvalue weighted by molar-refractivity contribution is 5.45. The van der Waals surface area contributed by atoms with Gasteiger partial charge >= 0.3 is 0 Å². The lowest BCUT2D eigenvalue weighted by Gasteiger charge is -2.27. The lowest BCUT2D eigenvalue weighted by atomic mass is 10.1. The third-order valence-corrected chi connectivity index (χ3v) is 2.98. The van der Waals surface area contributed by atoms with Crippen LogP contribution in [-0.4, -0.2) is 32.9 Å². The Bertz CT molecular complexity index is 498. The molecular weight excluding hydrogens is 202 g/mol. The minimum absolute atomic E-state index is 0.767. The molecule has 1 aliphatic rings. The Balaban J connectivity index is 1.97. The maximum Gasteiger partial charge on any atom is 0.176 e. The van der Waals surface area contributed by atoms with E-state index in [0.717, 1.165) is 30.4 Å². The number of nitrogens with zero attached hydrogens (tertiary/aromatic N) is 5. The van der Waals surface area contributed by atoms with Crippen molar-refractivity contribution in [3.63, 3.8) is 0 Å². The third kappa shape index (κ3) is 1.62. The second-order valence-electron chi connectivity index (χ2n) is 4.25. The summed E-state index contributed by atoms with van der Waals surface area (Å²) in [6.45, 7) is 4.09. The van der Waals surface area contributed by atoms with Crippen molar-refractivity contribution in [2.75, 3.05) is 18.0 Å². The molecule has 0 N–H and O–H groups in total. The number of aryl methyl sites for hydroxylation is 1. The Labute approximate surface area is 94.1 Å². The summed E-state index contributed by atoms with van der Waals surface area (Å²) in [5.74, 6) is 1.78. The van der Waals surface area contributed by atoms with E-state index < -0.39 is 0 Å². The van der Waals surface area contributed by atoms with E-state index in [1.54, 1.807) is 4.63 Å². The highest BCUT2D eigenvalue weighted by Gasteiger charge is 2.13. The molecule has 0 aliphatic carbocycles. The van der Waals surface area contributed by atoms with E-state index in [9.17, 15) is 0 Å². The zero-order chi connectivity index (χ0) is 11.0. The van der Waals surface area contributed by atoms with Gasteiger partial charge in [0, 0.05) is 13.1 Å². The Morgan fingerprint density at radius 3 is 2.69 bits per heavy atom. The van der Waals surface area contributed by atoms with E-state index in [1.165, 1.54) is 19.3 Å². The number of aromatic nitrogens is 4. The summed E-state index contributed by atoms with van der Waals surface area (Å²) in [7, 11) is 0. The van der Waals surface area contributed by atoms with Gasteiger partial charge in [0.1, 0.15) is 5.82 Å². The van der Waals surface area contributed by atoms with Gasteiger partial charge in [0.05, 0.1) is 0 Å². The topological polar surface area (TPSA) is 46.3 Å². The van der Waals surface area contributed by atoms with Crippen LogP contribution >= 0.6 is 0 Å². The predicted octanol–water partition coefficient (Wildman–Crippen LogP) is 1.42. The van der Waals surface area contributed by atoms with Crippen LogP contribution in [0.4, 0.5) is 5.82 Å². The van der Waals surface area contributed by atoms with Crippen LogP contribution in [-0.2, 0) is 0 Å². The highest BCUT2D eigenvalue weighted by atomic mass is 15.5. The Hall–Kier alpha value is -1.65. The number of hydrogen-bond donors (Lipinski definition) is 0. The Morgan fingerprint density at radius 2 is 1.88 bits per heavy atom. The summed E-state index contributed by atoms with van der Waals surface area (Å²) in [5, 5.41) is 8.73. The molecule has 0 aromatic carbocycles. The molecule has 16 heavy (non-hydrogen) atoms. The Kier molecular flexibility index (Phi) is 2.23. The fourth-order valence-electron chi connectivity index (χ4n) is 2.17. The van der Waals surface area contributed by atoms with Crippen molar-refractivity contribution >= 4 is 11.5 Å². The predicted molar refractivity (Wildman–Crippen MR) is 61.6 cm³/mol. The summed E-state index contributed by atoms with van der Waals surface area (Å²) < 4.78 is 1.62. The number of fused-ring (bicyclic) bond motifs is 1. The van der Waals surface area contributed by atoms with Crippen molar-refractivity contribution in [1.82, 2.24) is 19.8 Å². The molecule has 3 rings (SSSR count). The minimum Gasteiger partial charge on any atom is -0.355 e. The first kappa shape index (κ1) is 9.57. The van der Waals surface area contributed by atoms with Gasteiger partial charge in [0.25, 0.3) is 0 Å². The maximum absolute atomic E-state index is 4.49. The van der Waals surface area contributed by atoms with Crippen molar-refractivity contribution in [3.05, 3.63) is 18.0 Å². The molecule has 2 aromatic heterocycles. The first-order chi connectivity index (χ1) is 7.83. The van der Waals surface area contributed by atoms with E-state index in [2.05, 4.69) is 20.1 Å². The van der Waals surface area contributed by atoms with Crippen molar-refractivity contribution in [2.24, 2.45) is 0 Å². The van der Waals surface area contributed by atoms with E-state index in [4.69, 9.17) is 0 Å². The summed E-state index contributed by atoms with van der Waals surface area (Å²) >= 11 is 0. The van der Waals surface area contributed by atoms with E-state index in [1.807, 2.05) is 19.1 Å². The first-order valence-corrected chi connectivity index (χ1v) is 5.78. The van der Waals surface area contributed by atoms with Crippen molar-refractivity contribution in [3.8, 4) is 0 Å². The standard InChI is InChI=1S/C11H15N5/c1-9-12-10-5-6-11(14-16(10)13-9)15-7-3-2-4-8-15/h5-6H,2-4,7-8H2,1H3. The van der Waals surface area contributed by atoms with E-state index in [-0.39, 0.29) is 0 Å². The molecule has 0 saturated carbocycles. The molecule has 1 saturated heterocycles. The molecule has 84 valence electrons. The van der Waals surface area contributed by atoms with Crippen LogP contribution < -0.4 is 4.90 Å². The van der Waals surface area contributed by atoms with Gasteiger partial charge in [-0.25, -0.2) is 4.98 Å². The number of piperidine rings is 1. The normalized spacial score (nSPS) is 16.9. The fourth-order valence-corrected chi connectivity index (χ4v) is 2.17. The highest BCUT2D eigenvalue weighted by Crippen LogP contribution is 2.17. The zero-order valence-electron chi connectivity index (χ0n) is 9.43. The SMILES string of the molecule is Cc1nc2ccc(N3CCCCC3)nn2n1. The molecule has 0 amide bonds. The summed E-state index contributed by atoms with van der Waals surface area (Å²) in [6.07, 6.45) is 3.85. The summed E-state index contributed by atoms with van der Waals surface area (Å²) in [5.41, 5.74) is 0.818. The molecule has 0 spiro atoms. The quantitative estimate of drug-likeness (QED) is 0.724. The number of anilines is 1. The molecule has 0 unspecified atom stereocenters. The second kappa shape index (κ2) is 3.73. The molecule has 0 radical (unpaired) electrons. The van der Waals surface area contributed by atoms with Crippen LogP contribution in [0.25, 0.3) is 5.65 Å². The van der Waals surface area contributed by atoms with Gasteiger partial charge in [-0.1, -0.05) is 0 Å². The van der Waals surface area contributed by atoms with Gasteiger partial charge in [0.15, 0.2) is 11.5 Å². The van der Waals surface area contributed by atoms with Gasteiger partial charge < -0.3 is 4.90 Å². The van der Waals surface area contributed by atoms with Crippen LogP contribution in [0.5, 0.6) is 0 Å². The van der Waals surface area contributed by atoms with E-state index >= 15 is 0 Å². The monoisotopic (exact) mass is 217 g/mol. The molecule has 5 nitrogen and oxygen atoms in total. The third-order valence-electron chi connectivity index (χ3n) is 2.98. The zero-order valence-corrected chi connectivity index (χ0v) is 9.43. The van der Waals surface area contributed by atoms with Crippen molar-refractivity contribution in [1.29, 1.82) is 0 Å². The van der Waals surface area contributed by atoms with Gasteiger partial charge in [-0.2, -0.15) is 0 Å². The van der Waals surface area contributed by atoms with Gasteiger partial charge in [0.2, 0.25) is 0 Å². The first-order valence-electron chi connectivity index (χ1n) is 5.78. The lowest BCUT2D eigenvalue weighted by molar-refractivity contribution is 0.568. The lowest BCUT2D eigenvalue weighted by Crippen LogP contribution is -2.30. The molecule has 2 aromatic rings. The molecule has 0 bridgehead atoms. The van der Waals surface area contributed by atoms with Crippen molar-refractivity contribution < 1.29 is 0 Å². The van der Waals surface area contributed by atoms with Crippen molar-refractivity contribution in [2.45, 2.75) is 26.2 Å². The van der Waals surface area contributed by atoms with Gasteiger partial charge in [-0.3, -0.25) is 0 Å². The van der Waals surface area contributed by atoms with Gasteiger partial charge in [-0.05, 0) is 38.3 Å². The van der Waals surface area contributed by atoms with Gasteiger partial charge in [-0.15, -0.1) is 14.8 Å². The van der Waals surface area contributed by atoms with Crippen LogP contribution in [0.2, 0.25) is 0 Å². The summed E-state index contributed by atoms with van der Waals surface area (Å²) in [4.78, 5) is 6.59. The number of hydrogen-bond acceptors (Lipinski definition) is 4. The molecule has 0 atom stereocenters. The summed E-state index contributed by atoms with van der Waals surface area (Å²) in [6, 6.07) is 4.02. The fraction of sp³-hybridized carbons (Fsp3) is 0.545. The molecule has 1 fully saturated rings. The maximum atomic E-state index is 4.49. The average Bonchev–Trinajstić information content (AvgIpc) is 2.69. The Morgan fingerprint density at radius 1 is 1.06 bits per heavy atom. The van der Waals surface area contributed by atoms with Crippen LogP contribution in [0.3, 0.4) is 0 Å².